The van der Waals surface area contributed by atoms with Crippen molar-refractivity contribution in [1.29, 1.82) is 0 Å². The van der Waals surface area contributed by atoms with E-state index in [0.29, 0.717) is 5.78 Å². The molecule has 0 atom stereocenters. The van der Waals surface area contributed by atoms with Crippen LogP contribution in [0.5, 0.6) is 5.75 Å². The van der Waals surface area contributed by atoms with Crippen LogP contribution in [0.3, 0.4) is 0 Å². The molecule has 15 heavy (non-hydrogen) atoms. The number of carbonyl (C=O) groups is 1. The van der Waals surface area contributed by atoms with Gasteiger partial charge in [0.05, 0.1) is 0 Å². The Morgan fingerprint density at radius 1 is 1.47 bits per heavy atom. The number of fused-ring (bicyclic) bond motifs is 1. The van der Waals surface area contributed by atoms with E-state index in [1.54, 1.807) is 6.92 Å². The van der Waals surface area contributed by atoms with Crippen LogP contribution in [-0.2, 0) is 10.2 Å². The van der Waals surface area contributed by atoms with Crippen LogP contribution in [0.4, 0.5) is 0 Å². The summed E-state index contributed by atoms with van der Waals surface area (Å²) in [7, 11) is 0. The van der Waals surface area contributed by atoms with Gasteiger partial charge in [0.15, 0.2) is 0 Å². The molecule has 1 heterocycles. The number of halogens is 1. The van der Waals surface area contributed by atoms with Gasteiger partial charge in [-0.05, 0) is 0 Å². The van der Waals surface area contributed by atoms with E-state index in [1.807, 2.05) is 6.07 Å². The number of ketones is 1. The number of Topliss-reactive ketones (excluding diaryl/α,β-unsaturated/α-hetero) is 1. The molecule has 0 amide bonds. The van der Waals surface area contributed by atoms with E-state index in [1.165, 1.54) is 9.13 Å². The number of rotatable bonds is 2. The predicted octanol–water partition coefficient (Wildman–Crippen LogP) is -1.08. The fourth-order valence-electron chi connectivity index (χ4n) is 2.13. The van der Waals surface area contributed by atoms with Crippen LogP contribution >= 0.6 is 0 Å². The van der Waals surface area contributed by atoms with Gasteiger partial charge in [-0.25, -0.2) is 0 Å². The Hall–Kier alpha value is -0.580. The summed E-state index contributed by atoms with van der Waals surface area (Å²) < 4.78 is 7.78. The zero-order valence-corrected chi connectivity index (χ0v) is 10.7. The molecule has 1 saturated carbocycles. The van der Waals surface area contributed by atoms with Crippen molar-refractivity contribution < 1.29 is 30.7 Å². The first-order valence-electron chi connectivity index (χ1n) is 5.10. The van der Waals surface area contributed by atoms with Crippen LogP contribution in [0.25, 0.3) is 0 Å². The van der Waals surface area contributed by atoms with Gasteiger partial charge in [-0.3, -0.25) is 0 Å². The van der Waals surface area contributed by atoms with Crippen molar-refractivity contribution in [2.75, 3.05) is 4.61 Å². The van der Waals surface area contributed by atoms with E-state index < -0.39 is 0 Å². The van der Waals surface area contributed by atoms with Crippen molar-refractivity contribution in [3.63, 3.8) is 0 Å². The van der Waals surface area contributed by atoms with Crippen molar-refractivity contribution in [3.05, 3.63) is 27.3 Å². The molecule has 0 N–H and O–H groups in total. The Kier molecular flexibility index (Phi) is 2.06. The maximum atomic E-state index is 11.6. The van der Waals surface area contributed by atoms with Crippen molar-refractivity contribution in [2.45, 2.75) is 25.2 Å². The summed E-state index contributed by atoms with van der Waals surface area (Å²) in [6, 6.07) is 6.33. The molecule has 0 unspecified atom stereocenters. The minimum atomic E-state index is -0.124. The topological polar surface area (TPSA) is 26.3 Å². The third kappa shape index (κ3) is 1.40. The van der Waals surface area contributed by atoms with Crippen LogP contribution in [0, 0.1) is 3.57 Å². The second kappa shape index (κ2) is 3.20. The second-order valence-corrected chi connectivity index (χ2v) is 6.72. The van der Waals surface area contributed by atoms with E-state index in [9.17, 15) is 4.79 Å². The van der Waals surface area contributed by atoms with Crippen LogP contribution in [0.15, 0.2) is 18.2 Å². The Balaban J connectivity index is 2.03. The summed E-state index contributed by atoms with van der Waals surface area (Å²) in [4.78, 5) is 11.6. The van der Waals surface area contributed by atoms with E-state index in [4.69, 9.17) is 4.74 Å². The zero-order valence-electron chi connectivity index (χ0n) is 8.55. The average molecular weight is 315 g/mol. The Morgan fingerprint density at radius 2 is 2.27 bits per heavy atom. The quantitative estimate of drug-likeness (QED) is 0.512. The molecule has 1 aromatic rings. The number of hydrogen-bond acceptors (Lipinski definition) is 2. The summed E-state index contributed by atoms with van der Waals surface area (Å²) in [5, 5.41) is 0. The average Bonchev–Trinajstić information content (AvgIpc) is 2.91. The van der Waals surface area contributed by atoms with E-state index in [-0.39, 0.29) is 26.6 Å². The Labute approximate surface area is 99.3 Å². The molecule has 0 aromatic heterocycles. The molecule has 3 heteroatoms. The van der Waals surface area contributed by atoms with Gasteiger partial charge in [0, 0.05) is 0 Å². The zero-order chi connectivity index (χ0) is 10.5. The summed E-state index contributed by atoms with van der Waals surface area (Å²) in [5.41, 5.74) is 1.10. The molecule has 2 aliphatic rings. The SMILES string of the molecule is CC(=O)C1(c2ccc3c(c2)[I-]CO3)CC1. The molecule has 80 valence electrons. The molecule has 1 aromatic carbocycles. The molecular weight excluding hydrogens is 303 g/mol. The molecule has 1 aliphatic carbocycles. The standard InChI is InChI=1S/C12H12IO2/c1-8(14)12(4-5-12)9-2-3-11-10(6-9)13-7-15-11/h2-3,6H,4-5,7H2,1H3/q-1. The van der Waals surface area contributed by atoms with Crippen molar-refractivity contribution in [3.8, 4) is 5.75 Å². The van der Waals surface area contributed by atoms with Crippen molar-refractivity contribution in [1.82, 2.24) is 0 Å². The molecule has 0 bridgehead atoms. The number of hydrogen-bond donors (Lipinski definition) is 0. The van der Waals surface area contributed by atoms with E-state index >= 15 is 0 Å². The molecule has 0 spiro atoms. The third-order valence-corrected chi connectivity index (χ3v) is 5.60. The fourth-order valence-corrected chi connectivity index (χ4v) is 4.23. The van der Waals surface area contributed by atoms with Gasteiger partial charge in [-0.2, -0.15) is 0 Å². The van der Waals surface area contributed by atoms with Crippen LogP contribution < -0.4 is 25.9 Å². The molecule has 1 aliphatic heterocycles. The maximum absolute atomic E-state index is 11.6. The second-order valence-electron chi connectivity index (χ2n) is 4.17. The first-order chi connectivity index (χ1) is 7.22. The van der Waals surface area contributed by atoms with Gasteiger partial charge in [0.25, 0.3) is 0 Å². The van der Waals surface area contributed by atoms with E-state index in [2.05, 4.69) is 12.1 Å². The van der Waals surface area contributed by atoms with Crippen LogP contribution in [0.2, 0.25) is 0 Å². The molecule has 1 fully saturated rings. The van der Waals surface area contributed by atoms with Gasteiger partial charge in [0.2, 0.25) is 0 Å². The monoisotopic (exact) mass is 315 g/mol. The van der Waals surface area contributed by atoms with Gasteiger partial charge < -0.3 is 0 Å². The number of ether oxygens (including phenoxy) is 1. The van der Waals surface area contributed by atoms with Gasteiger partial charge in [-0.1, -0.05) is 0 Å². The number of alkyl halides is 1. The molecule has 2 nitrogen and oxygen atoms in total. The first kappa shape index (κ1) is 9.63. The minimum absolute atomic E-state index is 0.0318. The van der Waals surface area contributed by atoms with Crippen LogP contribution in [-0.4, -0.2) is 10.4 Å². The van der Waals surface area contributed by atoms with Gasteiger partial charge in [-0.15, -0.1) is 0 Å². The summed E-state index contributed by atoms with van der Waals surface area (Å²) in [5.74, 6) is 1.37. The first-order valence-corrected chi connectivity index (χ1v) is 7.70. The summed E-state index contributed by atoms with van der Waals surface area (Å²) in [6.45, 7) is 1.71. The molecule has 0 saturated heterocycles. The van der Waals surface area contributed by atoms with Crippen molar-refractivity contribution >= 4 is 5.78 Å². The molecule has 0 radical (unpaired) electrons. The third-order valence-electron chi connectivity index (χ3n) is 3.32. The normalized spacial score (nSPS) is 21.1. The number of carbonyl (C=O) groups excluding carboxylic acids is 1. The molecule has 3 rings (SSSR count). The Bertz CT molecular complexity index is 435. The van der Waals surface area contributed by atoms with Crippen LogP contribution in [0.1, 0.15) is 25.3 Å². The van der Waals surface area contributed by atoms with Gasteiger partial charge in [0.1, 0.15) is 0 Å². The number of benzene rings is 1. The van der Waals surface area contributed by atoms with Crippen molar-refractivity contribution in [2.24, 2.45) is 0 Å². The predicted molar refractivity (Wildman–Crippen MR) is 52.2 cm³/mol. The fraction of sp³-hybridized carbons (Fsp3) is 0.417. The van der Waals surface area contributed by atoms with Gasteiger partial charge >= 0.3 is 99.4 Å². The summed E-state index contributed by atoms with van der Waals surface area (Å²) >= 11 is 0.0318. The van der Waals surface area contributed by atoms with E-state index in [0.717, 1.165) is 23.2 Å². The Morgan fingerprint density at radius 3 is 2.93 bits per heavy atom. The summed E-state index contributed by atoms with van der Waals surface area (Å²) in [6.07, 6.45) is 2.06. The molecular formula is C12H12IO2-.